The van der Waals surface area contributed by atoms with Gasteiger partial charge >= 0.3 is 6.03 Å². The zero-order valence-electron chi connectivity index (χ0n) is 16.2. The quantitative estimate of drug-likeness (QED) is 0.638. The molecular weight excluding hydrogens is 356 g/mol. The summed E-state index contributed by atoms with van der Waals surface area (Å²) in [5.41, 5.74) is 5.93. The summed E-state index contributed by atoms with van der Waals surface area (Å²) in [6.07, 6.45) is 0.609. The number of carbonyl (C=O) groups is 3. The molecule has 2 aromatic carbocycles. The Morgan fingerprint density at radius 3 is 2.54 bits per heavy atom. The van der Waals surface area contributed by atoms with Gasteiger partial charge in [-0.25, -0.2) is 4.79 Å². The molecule has 4 N–H and O–H groups in total. The molecule has 1 saturated heterocycles. The number of fused-ring (bicyclic) bond motifs is 1. The maximum Gasteiger partial charge on any atom is 0.325 e. The summed E-state index contributed by atoms with van der Waals surface area (Å²) in [5, 5.41) is 7.79. The highest BCUT2D eigenvalue weighted by Crippen LogP contribution is 2.20. The Morgan fingerprint density at radius 2 is 1.89 bits per heavy atom. The number of hydrogen-bond acceptors (Lipinski definition) is 4. The van der Waals surface area contributed by atoms with Crippen molar-refractivity contribution >= 4 is 28.6 Å². The zero-order chi connectivity index (χ0) is 20.3. The number of amides is 4. The van der Waals surface area contributed by atoms with Crippen molar-refractivity contribution in [3.05, 3.63) is 48.0 Å². The second-order valence-electron chi connectivity index (χ2n) is 7.58. The number of carbonyl (C=O) groups excluding carboxylic acids is 3. The van der Waals surface area contributed by atoms with Crippen LogP contribution in [-0.4, -0.2) is 41.4 Å². The van der Waals surface area contributed by atoms with Crippen LogP contribution in [0.5, 0.6) is 0 Å². The van der Waals surface area contributed by atoms with Crippen LogP contribution in [0.3, 0.4) is 0 Å². The van der Waals surface area contributed by atoms with Crippen molar-refractivity contribution in [3.63, 3.8) is 0 Å². The number of rotatable bonds is 7. The van der Waals surface area contributed by atoms with Crippen LogP contribution in [0.15, 0.2) is 42.5 Å². The SMILES string of the molecule is CC1(C)NC(=O)N(CCCC(=O)NC(CN)c2ccc3ccccc3c2)C1=O. The fourth-order valence-electron chi connectivity index (χ4n) is 3.39. The van der Waals surface area contributed by atoms with Crippen LogP contribution in [0, 0.1) is 0 Å². The van der Waals surface area contributed by atoms with Crippen LogP contribution in [0.4, 0.5) is 4.79 Å². The van der Waals surface area contributed by atoms with Gasteiger partial charge in [0.2, 0.25) is 5.91 Å². The van der Waals surface area contributed by atoms with Crippen LogP contribution in [0.25, 0.3) is 10.8 Å². The number of nitrogens with one attached hydrogen (secondary N) is 2. The Bertz CT molecular complexity index is 909. The van der Waals surface area contributed by atoms with Crippen molar-refractivity contribution in [1.82, 2.24) is 15.5 Å². The van der Waals surface area contributed by atoms with Gasteiger partial charge < -0.3 is 16.4 Å². The molecule has 7 heteroatoms. The zero-order valence-corrected chi connectivity index (χ0v) is 16.2. The van der Waals surface area contributed by atoms with E-state index in [0.29, 0.717) is 6.42 Å². The first kappa shape index (κ1) is 19.8. The summed E-state index contributed by atoms with van der Waals surface area (Å²) < 4.78 is 0. The van der Waals surface area contributed by atoms with Crippen LogP contribution in [0.2, 0.25) is 0 Å². The molecule has 1 atom stereocenters. The monoisotopic (exact) mass is 382 g/mol. The molecule has 1 unspecified atom stereocenters. The Balaban J connectivity index is 1.55. The van der Waals surface area contributed by atoms with E-state index in [9.17, 15) is 14.4 Å². The van der Waals surface area contributed by atoms with Crippen LogP contribution >= 0.6 is 0 Å². The number of benzene rings is 2. The average Bonchev–Trinajstić information content (AvgIpc) is 2.87. The first-order chi connectivity index (χ1) is 13.3. The number of nitrogens with zero attached hydrogens (tertiary/aromatic N) is 1. The summed E-state index contributed by atoms with van der Waals surface area (Å²) >= 11 is 0. The molecule has 1 heterocycles. The van der Waals surface area contributed by atoms with Gasteiger partial charge in [-0.3, -0.25) is 14.5 Å². The molecule has 4 amide bonds. The topological polar surface area (TPSA) is 105 Å². The largest absolute Gasteiger partial charge is 0.348 e. The van der Waals surface area contributed by atoms with E-state index < -0.39 is 11.6 Å². The van der Waals surface area contributed by atoms with E-state index >= 15 is 0 Å². The molecule has 148 valence electrons. The van der Waals surface area contributed by atoms with Crippen LogP contribution in [0.1, 0.15) is 38.3 Å². The van der Waals surface area contributed by atoms with Gasteiger partial charge in [-0.2, -0.15) is 0 Å². The molecule has 0 radical (unpaired) electrons. The molecular formula is C21H26N4O3. The lowest BCUT2D eigenvalue weighted by atomic mass is 10.0. The van der Waals surface area contributed by atoms with E-state index in [-0.39, 0.29) is 37.4 Å². The highest BCUT2D eigenvalue weighted by atomic mass is 16.2. The van der Waals surface area contributed by atoms with Gasteiger partial charge in [0.1, 0.15) is 5.54 Å². The molecule has 2 aromatic rings. The average molecular weight is 382 g/mol. The third kappa shape index (κ3) is 4.14. The van der Waals surface area contributed by atoms with Crippen molar-refractivity contribution in [1.29, 1.82) is 0 Å². The maximum atomic E-state index is 12.3. The predicted molar refractivity (Wildman–Crippen MR) is 107 cm³/mol. The van der Waals surface area contributed by atoms with E-state index in [1.807, 2.05) is 42.5 Å². The van der Waals surface area contributed by atoms with Crippen molar-refractivity contribution in [2.24, 2.45) is 5.73 Å². The molecule has 1 aliphatic heterocycles. The minimum Gasteiger partial charge on any atom is -0.348 e. The second-order valence-corrected chi connectivity index (χ2v) is 7.58. The lowest BCUT2D eigenvalue weighted by Crippen LogP contribution is -2.40. The molecule has 0 saturated carbocycles. The van der Waals surface area contributed by atoms with Crippen molar-refractivity contribution in [2.75, 3.05) is 13.1 Å². The van der Waals surface area contributed by atoms with Gasteiger partial charge in [0, 0.05) is 19.5 Å². The van der Waals surface area contributed by atoms with Gasteiger partial charge in [-0.1, -0.05) is 36.4 Å². The Labute approximate surface area is 164 Å². The fourth-order valence-corrected chi connectivity index (χ4v) is 3.39. The summed E-state index contributed by atoms with van der Waals surface area (Å²) in [4.78, 5) is 37.5. The highest BCUT2D eigenvalue weighted by molar-refractivity contribution is 6.06. The summed E-state index contributed by atoms with van der Waals surface area (Å²) in [7, 11) is 0. The fraction of sp³-hybridized carbons (Fsp3) is 0.381. The summed E-state index contributed by atoms with van der Waals surface area (Å²) in [5.74, 6) is -0.427. The molecule has 28 heavy (non-hydrogen) atoms. The number of urea groups is 1. The van der Waals surface area contributed by atoms with Crippen molar-refractivity contribution < 1.29 is 14.4 Å². The number of hydrogen-bond donors (Lipinski definition) is 3. The molecule has 1 aliphatic rings. The van der Waals surface area contributed by atoms with Crippen LogP contribution in [-0.2, 0) is 9.59 Å². The van der Waals surface area contributed by atoms with E-state index in [0.717, 1.165) is 21.2 Å². The Morgan fingerprint density at radius 1 is 1.18 bits per heavy atom. The summed E-state index contributed by atoms with van der Waals surface area (Å²) in [6.45, 7) is 3.82. The standard InChI is InChI=1S/C21H26N4O3/c1-21(2)19(27)25(20(28)24-21)11-5-8-18(26)23-17(13-22)16-10-9-14-6-3-4-7-15(14)12-16/h3-4,6-7,9-10,12,17H,5,8,11,13,22H2,1-2H3,(H,23,26)(H,24,28). The third-order valence-electron chi connectivity index (χ3n) is 4.98. The first-order valence-electron chi connectivity index (χ1n) is 9.44. The van der Waals surface area contributed by atoms with E-state index in [4.69, 9.17) is 5.73 Å². The summed E-state index contributed by atoms with van der Waals surface area (Å²) in [6, 6.07) is 13.3. The van der Waals surface area contributed by atoms with Gasteiger partial charge in [-0.15, -0.1) is 0 Å². The highest BCUT2D eigenvalue weighted by Gasteiger charge is 2.43. The van der Waals surface area contributed by atoms with Gasteiger partial charge in [0.05, 0.1) is 6.04 Å². The van der Waals surface area contributed by atoms with Crippen LogP contribution < -0.4 is 16.4 Å². The lowest BCUT2D eigenvalue weighted by molar-refractivity contribution is -0.130. The molecule has 7 nitrogen and oxygen atoms in total. The molecule has 3 rings (SSSR count). The van der Waals surface area contributed by atoms with E-state index in [2.05, 4.69) is 10.6 Å². The molecule has 0 spiro atoms. The first-order valence-corrected chi connectivity index (χ1v) is 9.44. The number of nitrogens with two attached hydrogens (primary N) is 1. The van der Waals surface area contributed by atoms with E-state index in [1.54, 1.807) is 13.8 Å². The normalized spacial score (nSPS) is 16.9. The van der Waals surface area contributed by atoms with Crippen molar-refractivity contribution in [2.45, 2.75) is 38.3 Å². The van der Waals surface area contributed by atoms with Gasteiger partial charge in [-0.05, 0) is 42.7 Å². The van der Waals surface area contributed by atoms with E-state index in [1.165, 1.54) is 0 Å². The van der Waals surface area contributed by atoms with Gasteiger partial charge in [0.25, 0.3) is 5.91 Å². The molecule has 0 aromatic heterocycles. The maximum absolute atomic E-state index is 12.3. The minimum atomic E-state index is -0.889. The Hall–Kier alpha value is -2.93. The Kier molecular flexibility index (Phi) is 5.65. The molecule has 0 aliphatic carbocycles. The van der Waals surface area contributed by atoms with Crippen molar-refractivity contribution in [3.8, 4) is 0 Å². The minimum absolute atomic E-state index is 0.157. The predicted octanol–water partition coefficient (Wildman–Crippen LogP) is 2.07. The lowest BCUT2D eigenvalue weighted by Gasteiger charge is -2.19. The molecule has 0 bridgehead atoms. The molecule has 1 fully saturated rings. The number of imide groups is 1. The second kappa shape index (κ2) is 7.98. The van der Waals surface area contributed by atoms with Gasteiger partial charge in [0.15, 0.2) is 0 Å². The smallest absolute Gasteiger partial charge is 0.325 e. The third-order valence-corrected chi connectivity index (χ3v) is 4.98.